The molecule has 1 fully saturated rings. The third-order valence-corrected chi connectivity index (χ3v) is 3.91. The first-order valence-electron chi connectivity index (χ1n) is 7.65. The van der Waals surface area contributed by atoms with Crippen LogP contribution < -0.4 is 10.2 Å². The van der Waals surface area contributed by atoms with Gasteiger partial charge < -0.3 is 15.3 Å². The summed E-state index contributed by atoms with van der Waals surface area (Å²) in [7, 11) is 0. The van der Waals surface area contributed by atoms with Gasteiger partial charge in [-0.1, -0.05) is 0 Å². The molecule has 1 saturated heterocycles. The van der Waals surface area contributed by atoms with Crippen LogP contribution >= 0.6 is 0 Å². The van der Waals surface area contributed by atoms with Crippen LogP contribution in [-0.4, -0.2) is 51.1 Å². The molecule has 3 rings (SSSR count). The van der Waals surface area contributed by atoms with Crippen LogP contribution in [0.15, 0.2) is 36.8 Å². The molecular formula is C16H17N5O3. The van der Waals surface area contributed by atoms with Crippen molar-refractivity contribution >= 4 is 17.8 Å². The number of carbonyl (C=O) groups is 2. The van der Waals surface area contributed by atoms with E-state index in [9.17, 15) is 9.59 Å². The highest BCUT2D eigenvalue weighted by atomic mass is 16.4. The molecule has 2 aromatic rings. The molecular weight excluding hydrogens is 310 g/mol. The maximum atomic E-state index is 12.2. The number of rotatable bonds is 4. The number of aromatic nitrogens is 3. The fraction of sp³-hybridized carbons (Fsp3) is 0.312. The van der Waals surface area contributed by atoms with Gasteiger partial charge in [0, 0.05) is 37.7 Å². The van der Waals surface area contributed by atoms with Gasteiger partial charge in [0.1, 0.15) is 5.69 Å². The molecule has 0 unspecified atom stereocenters. The summed E-state index contributed by atoms with van der Waals surface area (Å²) in [4.78, 5) is 37.3. The van der Waals surface area contributed by atoms with Gasteiger partial charge in [0.05, 0.1) is 5.56 Å². The molecule has 2 N–H and O–H groups in total. The van der Waals surface area contributed by atoms with Gasteiger partial charge in [-0.25, -0.2) is 19.7 Å². The fourth-order valence-electron chi connectivity index (χ4n) is 2.60. The number of nitrogens with one attached hydrogen (secondary N) is 1. The predicted octanol–water partition coefficient (Wildman–Crippen LogP) is 0.969. The van der Waals surface area contributed by atoms with Gasteiger partial charge in [-0.2, -0.15) is 0 Å². The SMILES string of the molecule is O=C(NC1CCN(c2ncccn2)CC1)c1ccc(C(=O)O)nc1. The summed E-state index contributed by atoms with van der Waals surface area (Å²) in [5, 5.41) is 11.8. The predicted molar refractivity (Wildman–Crippen MR) is 85.9 cm³/mol. The Bertz CT molecular complexity index is 712. The molecule has 8 heteroatoms. The van der Waals surface area contributed by atoms with Crippen molar-refractivity contribution in [2.45, 2.75) is 18.9 Å². The van der Waals surface area contributed by atoms with Crippen LogP contribution in [0.4, 0.5) is 5.95 Å². The zero-order valence-electron chi connectivity index (χ0n) is 12.9. The Morgan fingerprint density at radius 2 is 1.83 bits per heavy atom. The smallest absolute Gasteiger partial charge is 0.354 e. The van der Waals surface area contributed by atoms with Crippen LogP contribution in [0.3, 0.4) is 0 Å². The van der Waals surface area contributed by atoms with E-state index >= 15 is 0 Å². The summed E-state index contributed by atoms with van der Waals surface area (Å²) < 4.78 is 0. The average molecular weight is 327 g/mol. The topological polar surface area (TPSA) is 108 Å². The molecule has 0 spiro atoms. The first kappa shape index (κ1) is 15.9. The van der Waals surface area contributed by atoms with Crippen molar-refractivity contribution < 1.29 is 14.7 Å². The number of aromatic carboxylic acids is 1. The lowest BCUT2D eigenvalue weighted by Crippen LogP contribution is -2.45. The van der Waals surface area contributed by atoms with Crippen molar-refractivity contribution in [2.75, 3.05) is 18.0 Å². The molecule has 0 saturated carbocycles. The second-order valence-electron chi connectivity index (χ2n) is 5.52. The molecule has 1 aliphatic rings. The van der Waals surface area contributed by atoms with Gasteiger partial charge in [-0.15, -0.1) is 0 Å². The van der Waals surface area contributed by atoms with Crippen molar-refractivity contribution in [1.82, 2.24) is 20.3 Å². The maximum absolute atomic E-state index is 12.2. The van der Waals surface area contributed by atoms with E-state index in [1.54, 1.807) is 18.5 Å². The van der Waals surface area contributed by atoms with Gasteiger partial charge in [-0.3, -0.25) is 4.79 Å². The van der Waals surface area contributed by atoms with E-state index in [0.717, 1.165) is 25.9 Å². The Morgan fingerprint density at radius 3 is 2.42 bits per heavy atom. The first-order chi connectivity index (χ1) is 11.6. The lowest BCUT2D eigenvalue weighted by atomic mass is 10.0. The highest BCUT2D eigenvalue weighted by molar-refractivity contribution is 5.95. The van der Waals surface area contributed by atoms with E-state index in [4.69, 9.17) is 5.11 Å². The Labute approximate surface area is 138 Å². The fourth-order valence-corrected chi connectivity index (χ4v) is 2.60. The summed E-state index contributed by atoms with van der Waals surface area (Å²) in [6.45, 7) is 1.54. The van der Waals surface area contributed by atoms with Gasteiger partial charge in [0.2, 0.25) is 5.95 Å². The molecule has 2 aromatic heterocycles. The Hall–Kier alpha value is -3.03. The molecule has 0 atom stereocenters. The Kier molecular flexibility index (Phi) is 4.64. The minimum atomic E-state index is -1.11. The quantitative estimate of drug-likeness (QED) is 0.861. The number of anilines is 1. The summed E-state index contributed by atoms with van der Waals surface area (Å²) >= 11 is 0. The van der Waals surface area contributed by atoms with Gasteiger partial charge >= 0.3 is 5.97 Å². The monoisotopic (exact) mass is 327 g/mol. The third kappa shape index (κ3) is 3.65. The number of amides is 1. The Balaban J connectivity index is 1.54. The largest absolute Gasteiger partial charge is 0.477 e. The lowest BCUT2D eigenvalue weighted by molar-refractivity contribution is 0.0689. The van der Waals surface area contributed by atoms with Crippen molar-refractivity contribution in [3.05, 3.63) is 48.0 Å². The van der Waals surface area contributed by atoms with E-state index in [-0.39, 0.29) is 17.6 Å². The van der Waals surface area contributed by atoms with Crippen LogP contribution in [0.25, 0.3) is 0 Å². The number of pyridine rings is 1. The van der Waals surface area contributed by atoms with Crippen molar-refractivity contribution in [2.24, 2.45) is 0 Å². The van der Waals surface area contributed by atoms with Crippen LogP contribution in [0.2, 0.25) is 0 Å². The summed E-state index contributed by atoms with van der Waals surface area (Å²) in [6.07, 6.45) is 6.30. The van der Waals surface area contributed by atoms with Crippen LogP contribution in [0.5, 0.6) is 0 Å². The number of hydrogen-bond donors (Lipinski definition) is 2. The number of hydrogen-bond acceptors (Lipinski definition) is 6. The first-order valence-corrected chi connectivity index (χ1v) is 7.65. The molecule has 0 radical (unpaired) electrons. The highest BCUT2D eigenvalue weighted by Crippen LogP contribution is 2.15. The molecule has 8 nitrogen and oxygen atoms in total. The Morgan fingerprint density at radius 1 is 1.12 bits per heavy atom. The molecule has 1 aliphatic heterocycles. The van der Waals surface area contributed by atoms with Crippen molar-refractivity contribution in [3.8, 4) is 0 Å². The van der Waals surface area contributed by atoms with Crippen molar-refractivity contribution in [1.29, 1.82) is 0 Å². The molecule has 3 heterocycles. The molecule has 0 aliphatic carbocycles. The molecule has 1 amide bonds. The number of carboxylic acid groups (broad SMARTS) is 1. The van der Waals surface area contributed by atoms with E-state index in [1.165, 1.54) is 18.3 Å². The minimum Gasteiger partial charge on any atom is -0.477 e. The van der Waals surface area contributed by atoms with Crippen LogP contribution in [0, 0.1) is 0 Å². The average Bonchev–Trinajstić information content (AvgIpc) is 2.63. The second kappa shape index (κ2) is 7.03. The highest BCUT2D eigenvalue weighted by Gasteiger charge is 2.22. The lowest BCUT2D eigenvalue weighted by Gasteiger charge is -2.32. The molecule has 124 valence electrons. The zero-order chi connectivity index (χ0) is 16.9. The standard InChI is InChI=1S/C16H17N5O3/c22-14(11-2-3-13(15(23)24)19-10-11)20-12-4-8-21(9-5-12)16-17-6-1-7-18-16/h1-3,6-7,10,12H,4-5,8-9H2,(H,20,22)(H,23,24). The number of piperidine rings is 1. The van der Waals surface area contributed by atoms with Crippen LogP contribution in [-0.2, 0) is 0 Å². The molecule has 0 aromatic carbocycles. The van der Waals surface area contributed by atoms with Crippen molar-refractivity contribution in [3.63, 3.8) is 0 Å². The summed E-state index contributed by atoms with van der Waals surface area (Å²) in [5.41, 5.74) is 0.275. The minimum absolute atomic E-state index is 0.0663. The van der Waals surface area contributed by atoms with E-state index < -0.39 is 5.97 Å². The van der Waals surface area contributed by atoms with E-state index in [1.807, 2.05) is 0 Å². The number of carboxylic acids is 1. The number of carbonyl (C=O) groups excluding carboxylic acids is 1. The number of nitrogens with zero attached hydrogens (tertiary/aromatic N) is 4. The summed E-state index contributed by atoms with van der Waals surface area (Å²) in [6, 6.07) is 4.64. The summed E-state index contributed by atoms with van der Waals surface area (Å²) in [5.74, 6) is -0.651. The third-order valence-electron chi connectivity index (χ3n) is 3.91. The van der Waals surface area contributed by atoms with Gasteiger partial charge in [-0.05, 0) is 31.0 Å². The second-order valence-corrected chi connectivity index (χ2v) is 5.52. The van der Waals surface area contributed by atoms with Gasteiger partial charge in [0.25, 0.3) is 5.91 Å². The van der Waals surface area contributed by atoms with Crippen LogP contribution in [0.1, 0.15) is 33.7 Å². The van der Waals surface area contributed by atoms with Gasteiger partial charge in [0.15, 0.2) is 0 Å². The normalized spacial score (nSPS) is 15.1. The molecule has 0 bridgehead atoms. The van der Waals surface area contributed by atoms with E-state index in [2.05, 4.69) is 25.2 Å². The molecule has 24 heavy (non-hydrogen) atoms. The maximum Gasteiger partial charge on any atom is 0.354 e. The zero-order valence-corrected chi connectivity index (χ0v) is 12.9. The van der Waals surface area contributed by atoms with E-state index in [0.29, 0.717) is 11.5 Å².